The zero-order valence-corrected chi connectivity index (χ0v) is 16.6. The molecule has 0 atom stereocenters. The standard InChI is InChI=1S/C23H30N2O2/c1-18-7-9-21(10-8-18)24-13-15-25(16-14-24)22(26)20-6-4-5-19(17-20)11-12-23(2,3)27/h4-10,17,27H,11-16H2,1-3H3. The van der Waals surface area contributed by atoms with E-state index in [4.69, 9.17) is 0 Å². The van der Waals surface area contributed by atoms with Crippen LogP contribution in [-0.4, -0.2) is 47.7 Å². The van der Waals surface area contributed by atoms with Crippen LogP contribution in [0.3, 0.4) is 0 Å². The molecule has 1 amide bonds. The quantitative estimate of drug-likeness (QED) is 0.878. The Bertz CT molecular complexity index is 770. The van der Waals surface area contributed by atoms with Crippen molar-refractivity contribution in [3.05, 3.63) is 65.2 Å². The SMILES string of the molecule is Cc1ccc(N2CCN(C(=O)c3cccc(CCC(C)(C)O)c3)CC2)cc1. The van der Waals surface area contributed by atoms with Crippen molar-refractivity contribution in [1.29, 1.82) is 0 Å². The number of aliphatic hydroxyl groups is 1. The Labute approximate surface area is 162 Å². The molecule has 0 saturated carbocycles. The number of nitrogens with zero attached hydrogens (tertiary/aromatic N) is 2. The number of hydrogen-bond donors (Lipinski definition) is 1. The van der Waals surface area contributed by atoms with Gasteiger partial charge < -0.3 is 14.9 Å². The van der Waals surface area contributed by atoms with Crippen molar-refractivity contribution in [3.8, 4) is 0 Å². The number of benzene rings is 2. The zero-order valence-electron chi connectivity index (χ0n) is 16.6. The zero-order chi connectivity index (χ0) is 19.4. The molecule has 1 heterocycles. The maximum absolute atomic E-state index is 12.9. The number of aryl methyl sites for hydroxylation is 2. The van der Waals surface area contributed by atoms with Crippen LogP contribution >= 0.6 is 0 Å². The molecule has 0 radical (unpaired) electrons. The number of rotatable bonds is 5. The molecule has 1 saturated heterocycles. The van der Waals surface area contributed by atoms with Crippen molar-refractivity contribution < 1.29 is 9.90 Å². The highest BCUT2D eigenvalue weighted by atomic mass is 16.3. The molecule has 1 aliphatic rings. The maximum atomic E-state index is 12.9. The van der Waals surface area contributed by atoms with Crippen molar-refractivity contribution in [2.45, 2.75) is 39.2 Å². The summed E-state index contributed by atoms with van der Waals surface area (Å²) in [5, 5.41) is 9.92. The first-order valence-electron chi connectivity index (χ1n) is 9.74. The Kier molecular flexibility index (Phi) is 5.85. The highest BCUT2D eigenvalue weighted by Gasteiger charge is 2.22. The average Bonchev–Trinajstić information content (AvgIpc) is 2.66. The van der Waals surface area contributed by atoms with Gasteiger partial charge in [0.15, 0.2) is 0 Å². The number of piperazine rings is 1. The lowest BCUT2D eigenvalue weighted by molar-refractivity contribution is 0.0714. The van der Waals surface area contributed by atoms with Crippen LogP contribution in [0, 0.1) is 6.92 Å². The Hall–Kier alpha value is -2.33. The van der Waals surface area contributed by atoms with Crippen LogP contribution in [0.4, 0.5) is 5.69 Å². The van der Waals surface area contributed by atoms with E-state index < -0.39 is 5.60 Å². The summed E-state index contributed by atoms with van der Waals surface area (Å²) in [6, 6.07) is 16.4. The number of carbonyl (C=O) groups is 1. The van der Waals surface area contributed by atoms with Crippen molar-refractivity contribution in [3.63, 3.8) is 0 Å². The molecule has 0 aliphatic carbocycles. The Morgan fingerprint density at radius 3 is 2.33 bits per heavy atom. The number of anilines is 1. The summed E-state index contributed by atoms with van der Waals surface area (Å²) in [7, 11) is 0. The summed E-state index contributed by atoms with van der Waals surface area (Å²) >= 11 is 0. The highest BCUT2D eigenvalue weighted by molar-refractivity contribution is 5.94. The van der Waals surface area contributed by atoms with Gasteiger partial charge in [0.25, 0.3) is 5.91 Å². The van der Waals surface area contributed by atoms with Crippen LogP contribution < -0.4 is 4.90 Å². The predicted molar refractivity (Wildman–Crippen MR) is 110 cm³/mol. The van der Waals surface area contributed by atoms with Gasteiger partial charge in [-0.05, 0) is 63.4 Å². The van der Waals surface area contributed by atoms with Gasteiger partial charge in [-0.25, -0.2) is 0 Å². The van der Waals surface area contributed by atoms with Gasteiger partial charge in [-0.3, -0.25) is 4.79 Å². The Morgan fingerprint density at radius 1 is 1.04 bits per heavy atom. The third-order valence-electron chi connectivity index (χ3n) is 5.17. The molecular formula is C23H30N2O2. The van der Waals surface area contributed by atoms with Gasteiger partial charge in [0, 0.05) is 37.4 Å². The number of amides is 1. The lowest BCUT2D eigenvalue weighted by atomic mass is 9.97. The van der Waals surface area contributed by atoms with E-state index in [2.05, 4.69) is 36.1 Å². The van der Waals surface area contributed by atoms with Crippen LogP contribution in [0.1, 0.15) is 41.8 Å². The topological polar surface area (TPSA) is 43.8 Å². The van der Waals surface area contributed by atoms with E-state index in [0.717, 1.165) is 43.7 Å². The summed E-state index contributed by atoms with van der Waals surface area (Å²) < 4.78 is 0. The summed E-state index contributed by atoms with van der Waals surface area (Å²) in [4.78, 5) is 17.2. The summed E-state index contributed by atoms with van der Waals surface area (Å²) in [5.74, 6) is 0.101. The van der Waals surface area contributed by atoms with Crippen molar-refractivity contribution in [2.75, 3.05) is 31.1 Å². The summed E-state index contributed by atoms with van der Waals surface area (Å²) in [5.41, 5.74) is 3.64. The summed E-state index contributed by atoms with van der Waals surface area (Å²) in [6.07, 6.45) is 1.45. The largest absolute Gasteiger partial charge is 0.390 e. The van der Waals surface area contributed by atoms with Gasteiger partial charge in [0.05, 0.1) is 5.60 Å². The lowest BCUT2D eigenvalue weighted by Crippen LogP contribution is -2.48. The molecule has 2 aromatic carbocycles. The van der Waals surface area contributed by atoms with E-state index in [1.165, 1.54) is 11.3 Å². The molecule has 0 aromatic heterocycles. The van der Waals surface area contributed by atoms with Gasteiger partial charge in [0.2, 0.25) is 0 Å². The molecule has 0 unspecified atom stereocenters. The normalized spacial score (nSPS) is 15.1. The van der Waals surface area contributed by atoms with E-state index >= 15 is 0 Å². The average molecular weight is 367 g/mol. The second-order valence-electron chi connectivity index (χ2n) is 8.13. The van der Waals surface area contributed by atoms with Gasteiger partial charge in [0.1, 0.15) is 0 Å². The van der Waals surface area contributed by atoms with Gasteiger partial charge in [-0.1, -0.05) is 29.8 Å². The van der Waals surface area contributed by atoms with Crippen LogP contribution in [0.2, 0.25) is 0 Å². The number of hydrogen-bond acceptors (Lipinski definition) is 3. The lowest BCUT2D eigenvalue weighted by Gasteiger charge is -2.36. The second kappa shape index (κ2) is 8.13. The molecule has 4 heteroatoms. The fourth-order valence-electron chi connectivity index (χ4n) is 3.42. The van der Waals surface area contributed by atoms with Crippen LogP contribution in [-0.2, 0) is 6.42 Å². The Balaban J connectivity index is 1.59. The third kappa shape index (κ3) is 5.33. The van der Waals surface area contributed by atoms with Crippen molar-refractivity contribution >= 4 is 11.6 Å². The van der Waals surface area contributed by atoms with Gasteiger partial charge >= 0.3 is 0 Å². The molecule has 0 bridgehead atoms. The molecule has 27 heavy (non-hydrogen) atoms. The van der Waals surface area contributed by atoms with Crippen molar-refractivity contribution in [2.24, 2.45) is 0 Å². The van der Waals surface area contributed by atoms with E-state index in [1.54, 1.807) is 0 Å². The predicted octanol–water partition coefficient (Wildman–Crippen LogP) is 3.66. The van der Waals surface area contributed by atoms with Crippen LogP contribution in [0.5, 0.6) is 0 Å². The fourth-order valence-corrected chi connectivity index (χ4v) is 3.42. The summed E-state index contributed by atoms with van der Waals surface area (Å²) in [6.45, 7) is 8.91. The van der Waals surface area contributed by atoms with E-state index in [0.29, 0.717) is 6.42 Å². The minimum absolute atomic E-state index is 0.101. The molecule has 1 fully saturated rings. The minimum Gasteiger partial charge on any atom is -0.390 e. The molecule has 1 N–H and O–H groups in total. The van der Waals surface area contributed by atoms with E-state index in [-0.39, 0.29) is 5.91 Å². The van der Waals surface area contributed by atoms with Gasteiger partial charge in [-0.2, -0.15) is 0 Å². The molecule has 0 spiro atoms. The van der Waals surface area contributed by atoms with E-state index in [9.17, 15) is 9.90 Å². The van der Waals surface area contributed by atoms with Crippen molar-refractivity contribution in [1.82, 2.24) is 4.90 Å². The molecule has 2 aromatic rings. The molecular weight excluding hydrogens is 336 g/mol. The maximum Gasteiger partial charge on any atom is 0.253 e. The fraction of sp³-hybridized carbons (Fsp3) is 0.435. The minimum atomic E-state index is -0.688. The van der Waals surface area contributed by atoms with Gasteiger partial charge in [-0.15, -0.1) is 0 Å². The monoisotopic (exact) mass is 366 g/mol. The molecule has 1 aliphatic heterocycles. The number of carbonyl (C=O) groups excluding carboxylic acids is 1. The van der Waals surface area contributed by atoms with Crippen LogP contribution in [0.25, 0.3) is 0 Å². The van der Waals surface area contributed by atoms with E-state index in [1.807, 2.05) is 43.0 Å². The first-order chi connectivity index (χ1) is 12.8. The first-order valence-corrected chi connectivity index (χ1v) is 9.74. The highest BCUT2D eigenvalue weighted by Crippen LogP contribution is 2.19. The Morgan fingerprint density at radius 2 is 1.70 bits per heavy atom. The molecule has 144 valence electrons. The van der Waals surface area contributed by atoms with Crippen LogP contribution in [0.15, 0.2) is 48.5 Å². The third-order valence-corrected chi connectivity index (χ3v) is 5.17. The molecule has 3 rings (SSSR count). The second-order valence-corrected chi connectivity index (χ2v) is 8.13. The first kappa shape index (κ1) is 19.4. The smallest absolute Gasteiger partial charge is 0.253 e. The molecule has 4 nitrogen and oxygen atoms in total.